The second kappa shape index (κ2) is 6.22. The van der Waals surface area contributed by atoms with E-state index in [-0.39, 0.29) is 7.69 Å². The molecule has 0 spiro atoms. The van der Waals surface area contributed by atoms with E-state index in [2.05, 4.69) is 0 Å². The average Bonchev–Trinajstić information content (AvgIpc) is 2.38. The van der Waals surface area contributed by atoms with Gasteiger partial charge in [0.2, 0.25) is 0 Å². The van der Waals surface area contributed by atoms with Gasteiger partial charge in [-0.2, -0.15) is 0 Å². The summed E-state index contributed by atoms with van der Waals surface area (Å²) in [6, 6.07) is 11.2. The minimum Gasteiger partial charge on any atom is -0.527 e. The van der Waals surface area contributed by atoms with Gasteiger partial charge in [-0.3, -0.25) is 0 Å². The van der Waals surface area contributed by atoms with Crippen molar-refractivity contribution in [3.8, 4) is 11.5 Å². The molecule has 2 aromatic rings. The van der Waals surface area contributed by atoms with E-state index in [1.165, 1.54) is 0 Å². The molecule has 0 unspecified atom stereocenters. The SMILES string of the molecule is Cc1ccc(Cl)c(OBOc2cc(C)ccc2Cl)c1. The lowest BCUT2D eigenvalue weighted by Gasteiger charge is -2.11. The van der Waals surface area contributed by atoms with E-state index in [9.17, 15) is 0 Å². The van der Waals surface area contributed by atoms with Gasteiger partial charge in [0.1, 0.15) is 11.5 Å². The van der Waals surface area contributed by atoms with Crippen LogP contribution < -0.4 is 9.31 Å². The normalized spacial score (nSPS) is 10.1. The highest BCUT2D eigenvalue weighted by atomic mass is 35.5. The molecule has 0 bridgehead atoms. The Bertz CT molecular complexity index is 536. The molecular formula is C14H13BCl2O2. The van der Waals surface area contributed by atoms with Crippen LogP contribution in [0.15, 0.2) is 36.4 Å². The van der Waals surface area contributed by atoms with E-state index in [0.29, 0.717) is 21.5 Å². The summed E-state index contributed by atoms with van der Waals surface area (Å²) < 4.78 is 11.0. The Labute approximate surface area is 123 Å². The van der Waals surface area contributed by atoms with Crippen LogP contribution in [0, 0.1) is 13.8 Å². The molecule has 5 heteroatoms. The Morgan fingerprint density at radius 3 is 1.63 bits per heavy atom. The molecule has 0 fully saturated rings. The molecule has 0 aliphatic rings. The van der Waals surface area contributed by atoms with Crippen molar-refractivity contribution >= 4 is 30.9 Å². The van der Waals surface area contributed by atoms with Crippen LogP contribution in [-0.2, 0) is 0 Å². The van der Waals surface area contributed by atoms with Gasteiger partial charge in [0.25, 0.3) is 0 Å². The van der Waals surface area contributed by atoms with Gasteiger partial charge in [0.05, 0.1) is 10.0 Å². The van der Waals surface area contributed by atoms with E-state index in [4.69, 9.17) is 32.5 Å². The topological polar surface area (TPSA) is 18.5 Å². The molecule has 19 heavy (non-hydrogen) atoms. The zero-order valence-electron chi connectivity index (χ0n) is 10.7. The fraction of sp³-hybridized carbons (Fsp3) is 0.143. The van der Waals surface area contributed by atoms with Crippen molar-refractivity contribution < 1.29 is 9.31 Å². The number of benzene rings is 2. The largest absolute Gasteiger partial charge is 0.576 e. The van der Waals surface area contributed by atoms with Crippen LogP contribution in [0.2, 0.25) is 10.0 Å². The Kier molecular flexibility index (Phi) is 4.62. The predicted molar refractivity (Wildman–Crippen MR) is 80.8 cm³/mol. The molecule has 0 heterocycles. The summed E-state index contributed by atoms with van der Waals surface area (Å²) in [5.41, 5.74) is 2.15. The quantitative estimate of drug-likeness (QED) is 0.781. The van der Waals surface area contributed by atoms with Crippen LogP contribution in [-0.4, -0.2) is 7.69 Å². The smallest absolute Gasteiger partial charge is 0.527 e. The molecule has 0 N–H and O–H groups in total. The Morgan fingerprint density at radius 2 is 1.21 bits per heavy atom. The molecule has 0 saturated heterocycles. The first-order valence-electron chi connectivity index (χ1n) is 5.84. The van der Waals surface area contributed by atoms with Crippen molar-refractivity contribution in [3.63, 3.8) is 0 Å². The average molecular weight is 295 g/mol. The van der Waals surface area contributed by atoms with Gasteiger partial charge in [-0.1, -0.05) is 35.3 Å². The molecule has 0 aliphatic carbocycles. The lowest BCUT2D eigenvalue weighted by Crippen LogP contribution is -2.11. The van der Waals surface area contributed by atoms with Crippen LogP contribution in [0.3, 0.4) is 0 Å². The standard InChI is InChI=1S/C14H13BCl2O2/c1-9-3-5-11(16)13(7-9)18-15-19-14-8-10(2)4-6-12(14)17/h3-8,15H,1-2H3. The monoisotopic (exact) mass is 294 g/mol. The molecule has 2 nitrogen and oxygen atoms in total. The summed E-state index contributed by atoms with van der Waals surface area (Å²) in [5, 5.41) is 1.12. The van der Waals surface area contributed by atoms with Gasteiger partial charge in [-0.05, 0) is 49.2 Å². The maximum absolute atomic E-state index is 6.03. The molecule has 98 valence electrons. The third-order valence-electron chi connectivity index (χ3n) is 2.60. The van der Waals surface area contributed by atoms with Crippen molar-refractivity contribution in [3.05, 3.63) is 57.6 Å². The molecule has 0 amide bonds. The third kappa shape index (κ3) is 3.82. The lowest BCUT2D eigenvalue weighted by atomic mass is 10.2. The number of hydrogen-bond donors (Lipinski definition) is 0. The predicted octanol–water partition coefficient (Wildman–Crippen LogP) is 4.33. The Morgan fingerprint density at radius 1 is 0.789 bits per heavy atom. The highest BCUT2D eigenvalue weighted by Gasteiger charge is 2.06. The fourth-order valence-electron chi connectivity index (χ4n) is 1.60. The maximum Gasteiger partial charge on any atom is 0.576 e. The molecule has 0 atom stereocenters. The third-order valence-corrected chi connectivity index (χ3v) is 3.23. The van der Waals surface area contributed by atoms with E-state index < -0.39 is 0 Å². The summed E-state index contributed by atoms with van der Waals surface area (Å²) in [6.07, 6.45) is 0. The highest BCUT2D eigenvalue weighted by molar-refractivity contribution is 6.33. The minimum atomic E-state index is 0.0619. The van der Waals surface area contributed by atoms with Crippen molar-refractivity contribution in [1.82, 2.24) is 0 Å². The lowest BCUT2D eigenvalue weighted by molar-refractivity contribution is 0.459. The van der Waals surface area contributed by atoms with Crippen molar-refractivity contribution in [2.24, 2.45) is 0 Å². The van der Waals surface area contributed by atoms with Gasteiger partial charge in [0, 0.05) is 0 Å². The van der Waals surface area contributed by atoms with Crippen molar-refractivity contribution in [2.75, 3.05) is 0 Å². The summed E-state index contributed by atoms with van der Waals surface area (Å²) in [6.45, 7) is 3.95. The molecular weight excluding hydrogens is 282 g/mol. The fourth-order valence-corrected chi connectivity index (χ4v) is 1.94. The Balaban J connectivity index is 2.00. The van der Waals surface area contributed by atoms with E-state index in [1.54, 1.807) is 12.1 Å². The summed E-state index contributed by atoms with van der Waals surface area (Å²) in [4.78, 5) is 0. The number of aryl methyl sites for hydroxylation is 2. The first-order chi connectivity index (χ1) is 9.06. The summed E-state index contributed by atoms with van der Waals surface area (Å²) >= 11 is 12.1. The molecule has 2 aromatic carbocycles. The molecule has 0 aliphatic heterocycles. The van der Waals surface area contributed by atoms with Crippen LogP contribution in [0.1, 0.15) is 11.1 Å². The summed E-state index contributed by atoms with van der Waals surface area (Å²) in [7, 11) is 0.0619. The van der Waals surface area contributed by atoms with Gasteiger partial charge in [-0.15, -0.1) is 0 Å². The highest BCUT2D eigenvalue weighted by Crippen LogP contribution is 2.27. The van der Waals surface area contributed by atoms with Gasteiger partial charge in [-0.25, -0.2) is 0 Å². The van der Waals surface area contributed by atoms with Gasteiger partial charge < -0.3 is 9.31 Å². The van der Waals surface area contributed by atoms with E-state index >= 15 is 0 Å². The van der Waals surface area contributed by atoms with E-state index in [1.807, 2.05) is 38.1 Å². The number of hydrogen-bond acceptors (Lipinski definition) is 2. The minimum absolute atomic E-state index is 0.0619. The molecule has 0 radical (unpaired) electrons. The Hall–Kier alpha value is -1.32. The zero-order valence-corrected chi connectivity index (χ0v) is 12.3. The van der Waals surface area contributed by atoms with Crippen molar-refractivity contribution in [1.29, 1.82) is 0 Å². The van der Waals surface area contributed by atoms with Crippen LogP contribution in [0.25, 0.3) is 0 Å². The van der Waals surface area contributed by atoms with Gasteiger partial charge in [0.15, 0.2) is 0 Å². The molecule has 0 saturated carbocycles. The number of halogens is 2. The second-order valence-electron chi connectivity index (χ2n) is 4.27. The first kappa shape index (κ1) is 14.1. The zero-order chi connectivity index (χ0) is 13.8. The second-order valence-corrected chi connectivity index (χ2v) is 5.09. The van der Waals surface area contributed by atoms with Crippen LogP contribution in [0.4, 0.5) is 0 Å². The first-order valence-corrected chi connectivity index (χ1v) is 6.60. The maximum atomic E-state index is 6.03. The van der Waals surface area contributed by atoms with E-state index in [0.717, 1.165) is 11.1 Å². The van der Waals surface area contributed by atoms with Crippen molar-refractivity contribution in [2.45, 2.75) is 13.8 Å². The molecule has 2 rings (SSSR count). The molecule has 0 aromatic heterocycles. The summed E-state index contributed by atoms with van der Waals surface area (Å²) in [5.74, 6) is 1.20. The number of rotatable bonds is 4. The van der Waals surface area contributed by atoms with Crippen LogP contribution in [0.5, 0.6) is 11.5 Å². The van der Waals surface area contributed by atoms with Crippen LogP contribution >= 0.6 is 23.2 Å². The van der Waals surface area contributed by atoms with Gasteiger partial charge >= 0.3 is 7.69 Å².